The molecule has 1 aromatic carbocycles. The predicted octanol–water partition coefficient (Wildman–Crippen LogP) is 1.06. The van der Waals surface area contributed by atoms with Gasteiger partial charge in [-0.15, -0.1) is 0 Å². The molecule has 0 atom stereocenters. The molecule has 2 rings (SSSR count). The summed E-state index contributed by atoms with van der Waals surface area (Å²) < 4.78 is 1.64. The Kier molecular flexibility index (Phi) is 2.04. The van der Waals surface area contributed by atoms with Crippen molar-refractivity contribution in [3.63, 3.8) is 0 Å². The molecule has 1 aromatic heterocycles. The van der Waals surface area contributed by atoms with Crippen LogP contribution < -0.4 is 9.57 Å². The van der Waals surface area contributed by atoms with Gasteiger partial charge in [-0.3, -0.25) is 4.84 Å². The fraction of sp³-hybridized carbons (Fsp3) is 0.0909. The van der Waals surface area contributed by atoms with E-state index in [4.69, 9.17) is 10.1 Å². The summed E-state index contributed by atoms with van der Waals surface area (Å²) >= 11 is 0. The molecule has 68 valence electrons. The third kappa shape index (κ3) is 1.17. The maximum absolute atomic E-state index is 8.90. The summed E-state index contributed by atoms with van der Waals surface area (Å²) in [7, 11) is 1.60. The number of nitrogens with zero attached hydrogens (tertiary/aromatic N) is 2. The van der Waals surface area contributed by atoms with Crippen molar-refractivity contribution in [2.45, 2.75) is 0 Å². The van der Waals surface area contributed by atoms with Crippen LogP contribution in [0.3, 0.4) is 0 Å². The van der Waals surface area contributed by atoms with Gasteiger partial charge in [0.15, 0.2) is 0 Å². The van der Waals surface area contributed by atoms with Gasteiger partial charge in [-0.2, -0.15) is 5.26 Å². The first-order chi connectivity index (χ1) is 6.86. The van der Waals surface area contributed by atoms with Crippen LogP contribution in [0.25, 0.3) is 10.9 Å². The molecule has 0 aliphatic carbocycles. The summed E-state index contributed by atoms with van der Waals surface area (Å²) in [5.41, 5.74) is 1.56. The molecule has 0 N–H and O–H groups in total. The second-order valence-electron chi connectivity index (χ2n) is 2.87. The molecule has 0 radical (unpaired) electrons. The lowest BCUT2D eigenvalue weighted by molar-refractivity contribution is -0.865. The highest BCUT2D eigenvalue weighted by atomic mass is 16.6. The van der Waals surface area contributed by atoms with Gasteiger partial charge in [0.2, 0.25) is 6.20 Å². The van der Waals surface area contributed by atoms with Crippen LogP contribution in [-0.4, -0.2) is 7.11 Å². The van der Waals surface area contributed by atoms with Crippen molar-refractivity contribution in [2.75, 3.05) is 7.11 Å². The number of para-hydroxylation sites is 1. The number of rotatable bonds is 1. The molecule has 0 aliphatic heterocycles. The highest BCUT2D eigenvalue weighted by Crippen LogP contribution is 2.13. The Labute approximate surface area is 81.7 Å². The van der Waals surface area contributed by atoms with E-state index >= 15 is 0 Å². The smallest absolute Gasteiger partial charge is 0.265 e. The summed E-state index contributed by atoms with van der Waals surface area (Å²) in [6, 6.07) is 11.5. The highest BCUT2D eigenvalue weighted by Gasteiger charge is 2.11. The second kappa shape index (κ2) is 3.35. The first-order valence-corrected chi connectivity index (χ1v) is 4.25. The van der Waals surface area contributed by atoms with Gasteiger partial charge in [0, 0.05) is 16.9 Å². The third-order valence-electron chi connectivity index (χ3n) is 2.13. The number of pyridine rings is 1. The summed E-state index contributed by atoms with van der Waals surface area (Å²) in [6.45, 7) is 0. The average molecular weight is 185 g/mol. The molecule has 14 heavy (non-hydrogen) atoms. The predicted molar refractivity (Wildman–Crippen MR) is 51.4 cm³/mol. The number of hydrogen-bond donors (Lipinski definition) is 0. The SMILES string of the molecule is CO[n+]1ccc(C#N)c2ccccc21. The van der Waals surface area contributed by atoms with Crippen molar-refractivity contribution < 1.29 is 9.57 Å². The van der Waals surface area contributed by atoms with Crippen LogP contribution in [-0.2, 0) is 0 Å². The van der Waals surface area contributed by atoms with Gasteiger partial charge in [0.1, 0.15) is 13.2 Å². The maximum Gasteiger partial charge on any atom is 0.265 e. The minimum Gasteiger partial charge on any atom is -0.274 e. The van der Waals surface area contributed by atoms with E-state index in [-0.39, 0.29) is 0 Å². The van der Waals surface area contributed by atoms with Gasteiger partial charge in [-0.25, -0.2) is 0 Å². The summed E-state index contributed by atoms with van der Waals surface area (Å²) in [6.07, 6.45) is 1.74. The number of fused-ring (bicyclic) bond motifs is 1. The lowest BCUT2D eigenvalue weighted by atomic mass is 10.1. The lowest BCUT2D eigenvalue weighted by Gasteiger charge is -1.97. The quantitative estimate of drug-likeness (QED) is 0.623. The van der Waals surface area contributed by atoms with Crippen LogP contribution in [0.15, 0.2) is 36.5 Å². The van der Waals surface area contributed by atoms with Crippen molar-refractivity contribution in [3.8, 4) is 6.07 Å². The fourth-order valence-electron chi connectivity index (χ4n) is 1.46. The highest BCUT2D eigenvalue weighted by molar-refractivity contribution is 5.81. The Bertz CT molecular complexity index is 514. The molecule has 0 spiro atoms. The number of aromatic nitrogens is 1. The number of benzene rings is 1. The fourth-order valence-corrected chi connectivity index (χ4v) is 1.46. The van der Waals surface area contributed by atoms with Crippen LogP contribution in [0, 0.1) is 11.3 Å². The van der Waals surface area contributed by atoms with Gasteiger partial charge in [-0.1, -0.05) is 12.1 Å². The van der Waals surface area contributed by atoms with E-state index in [1.807, 2.05) is 24.3 Å². The van der Waals surface area contributed by atoms with Crippen molar-refractivity contribution in [1.82, 2.24) is 0 Å². The zero-order valence-electron chi connectivity index (χ0n) is 7.77. The van der Waals surface area contributed by atoms with Gasteiger partial charge >= 0.3 is 0 Å². The molecule has 0 amide bonds. The minimum absolute atomic E-state index is 0.661. The Balaban J connectivity index is 2.87. The van der Waals surface area contributed by atoms with Gasteiger partial charge in [-0.05, 0) is 6.07 Å². The van der Waals surface area contributed by atoms with E-state index in [2.05, 4.69) is 6.07 Å². The monoisotopic (exact) mass is 185 g/mol. The molecule has 0 saturated carbocycles. The van der Waals surface area contributed by atoms with Crippen molar-refractivity contribution in [3.05, 3.63) is 42.1 Å². The largest absolute Gasteiger partial charge is 0.274 e. The molecule has 0 unspecified atom stereocenters. The van der Waals surface area contributed by atoms with Crippen LogP contribution >= 0.6 is 0 Å². The zero-order valence-corrected chi connectivity index (χ0v) is 7.77. The van der Waals surface area contributed by atoms with Crippen LogP contribution in [0.4, 0.5) is 0 Å². The molecular formula is C11H9N2O+. The van der Waals surface area contributed by atoms with E-state index in [1.54, 1.807) is 24.1 Å². The van der Waals surface area contributed by atoms with E-state index in [0.29, 0.717) is 5.56 Å². The maximum atomic E-state index is 8.90. The van der Waals surface area contributed by atoms with Crippen molar-refractivity contribution in [2.24, 2.45) is 0 Å². The average Bonchev–Trinajstić information content (AvgIpc) is 2.27. The Morgan fingerprint density at radius 2 is 2.07 bits per heavy atom. The van der Waals surface area contributed by atoms with Gasteiger partial charge in [0.25, 0.3) is 5.52 Å². The standard InChI is InChI=1S/C11H9N2O/c1-14-13-7-6-9(8-12)10-4-2-3-5-11(10)13/h2-7H,1H3/q+1. The molecular weight excluding hydrogens is 176 g/mol. The third-order valence-corrected chi connectivity index (χ3v) is 2.13. The molecule has 3 nitrogen and oxygen atoms in total. The first-order valence-electron chi connectivity index (χ1n) is 4.25. The Hall–Kier alpha value is -2.08. The van der Waals surface area contributed by atoms with Crippen LogP contribution in [0.1, 0.15) is 5.56 Å². The Morgan fingerprint density at radius 3 is 2.79 bits per heavy atom. The summed E-state index contributed by atoms with van der Waals surface area (Å²) in [4.78, 5) is 5.13. The first kappa shape index (κ1) is 8.52. The summed E-state index contributed by atoms with van der Waals surface area (Å²) in [5.74, 6) is 0. The van der Waals surface area contributed by atoms with E-state index in [1.165, 1.54) is 0 Å². The van der Waals surface area contributed by atoms with Crippen LogP contribution in [0.5, 0.6) is 0 Å². The molecule has 2 aromatic rings. The lowest BCUT2D eigenvalue weighted by Crippen LogP contribution is -2.40. The molecule has 0 bridgehead atoms. The van der Waals surface area contributed by atoms with Gasteiger partial charge < -0.3 is 0 Å². The molecule has 1 heterocycles. The van der Waals surface area contributed by atoms with E-state index in [9.17, 15) is 0 Å². The minimum atomic E-state index is 0.661. The molecule has 0 saturated heterocycles. The molecule has 3 heteroatoms. The topological polar surface area (TPSA) is 36.9 Å². The van der Waals surface area contributed by atoms with Crippen LogP contribution in [0.2, 0.25) is 0 Å². The Morgan fingerprint density at radius 1 is 1.29 bits per heavy atom. The molecule has 0 aliphatic rings. The van der Waals surface area contributed by atoms with Crippen molar-refractivity contribution in [1.29, 1.82) is 5.26 Å². The normalized spacial score (nSPS) is 9.71. The summed E-state index contributed by atoms with van der Waals surface area (Å²) in [5, 5.41) is 9.80. The number of hydrogen-bond acceptors (Lipinski definition) is 2. The van der Waals surface area contributed by atoms with Crippen molar-refractivity contribution >= 4 is 10.9 Å². The number of nitriles is 1. The van der Waals surface area contributed by atoms with Gasteiger partial charge in [0.05, 0.1) is 10.9 Å². The van der Waals surface area contributed by atoms with E-state index in [0.717, 1.165) is 10.9 Å². The zero-order chi connectivity index (χ0) is 9.97. The van der Waals surface area contributed by atoms with E-state index < -0.39 is 0 Å². The second-order valence-corrected chi connectivity index (χ2v) is 2.87. The molecule has 0 fully saturated rings.